The molecular weight excluding hydrogens is 352 g/mol. The summed E-state index contributed by atoms with van der Waals surface area (Å²) in [5.74, 6) is 0.887. The summed E-state index contributed by atoms with van der Waals surface area (Å²) in [4.78, 5) is 14.7. The third-order valence-electron chi connectivity index (χ3n) is 5.85. The van der Waals surface area contributed by atoms with Crippen LogP contribution in [0.4, 0.5) is 4.79 Å². The molecule has 2 aromatic rings. The van der Waals surface area contributed by atoms with Crippen LogP contribution in [-0.4, -0.2) is 46.0 Å². The zero-order valence-corrected chi connectivity index (χ0v) is 17.0. The zero-order chi connectivity index (χ0) is 19.7. The number of hydrogen-bond donors (Lipinski definition) is 1. The zero-order valence-electron chi connectivity index (χ0n) is 17.0. The molecule has 0 spiro atoms. The first-order valence-corrected chi connectivity index (χ1v) is 10.3. The van der Waals surface area contributed by atoms with Crippen LogP contribution >= 0.6 is 0 Å². The van der Waals surface area contributed by atoms with Gasteiger partial charge in [-0.25, -0.2) is 9.48 Å². The van der Waals surface area contributed by atoms with E-state index in [9.17, 15) is 4.79 Å². The van der Waals surface area contributed by atoms with Gasteiger partial charge in [0.05, 0.1) is 30.1 Å². The fourth-order valence-corrected chi connectivity index (χ4v) is 4.05. The predicted octanol–water partition coefficient (Wildman–Crippen LogP) is 3.71. The number of morpholine rings is 1. The first-order chi connectivity index (χ1) is 13.5. The van der Waals surface area contributed by atoms with Gasteiger partial charge < -0.3 is 15.0 Å². The van der Waals surface area contributed by atoms with Gasteiger partial charge in [0.25, 0.3) is 0 Å². The largest absolute Gasteiger partial charge is 0.371 e. The molecule has 2 aliphatic rings. The van der Waals surface area contributed by atoms with E-state index in [1.54, 1.807) is 0 Å². The molecule has 0 bridgehead atoms. The van der Waals surface area contributed by atoms with Gasteiger partial charge in [-0.15, -0.1) is 0 Å². The topological polar surface area (TPSA) is 59.4 Å². The lowest BCUT2D eigenvalue weighted by molar-refractivity contribution is -0.0988. The lowest BCUT2D eigenvalue weighted by atomic mass is 9.98. The summed E-state index contributed by atoms with van der Waals surface area (Å²) in [6.45, 7) is 8.82. The number of nitrogens with zero attached hydrogens (tertiary/aromatic N) is 3. The van der Waals surface area contributed by atoms with Crippen LogP contribution in [0.25, 0.3) is 5.69 Å². The maximum atomic E-state index is 12.8. The van der Waals surface area contributed by atoms with E-state index in [0.29, 0.717) is 38.1 Å². The average Bonchev–Trinajstić information content (AvgIpc) is 3.47. The second kappa shape index (κ2) is 7.59. The Morgan fingerprint density at radius 2 is 2.07 bits per heavy atom. The van der Waals surface area contributed by atoms with Gasteiger partial charge in [-0.1, -0.05) is 32.0 Å². The molecule has 150 valence electrons. The third-order valence-corrected chi connectivity index (χ3v) is 5.85. The number of para-hydroxylation sites is 1. The SMILES string of the molecule is CC(C)c1nn(-c2ccccc2)cc1CNC(=O)N1CCOC(C)(C2CC2)C1. The van der Waals surface area contributed by atoms with E-state index in [-0.39, 0.29) is 11.6 Å². The summed E-state index contributed by atoms with van der Waals surface area (Å²) in [7, 11) is 0. The van der Waals surface area contributed by atoms with Crippen molar-refractivity contribution in [2.75, 3.05) is 19.7 Å². The molecule has 6 nitrogen and oxygen atoms in total. The van der Waals surface area contributed by atoms with E-state index < -0.39 is 0 Å². The number of hydrogen-bond acceptors (Lipinski definition) is 3. The molecule has 1 aliphatic heterocycles. The molecular formula is C22H30N4O2. The minimum atomic E-state index is -0.184. The number of carbonyl (C=O) groups is 1. The van der Waals surface area contributed by atoms with Crippen molar-refractivity contribution in [3.05, 3.63) is 47.8 Å². The Morgan fingerprint density at radius 1 is 1.32 bits per heavy atom. The van der Waals surface area contributed by atoms with Gasteiger partial charge in [0.15, 0.2) is 0 Å². The molecule has 1 saturated heterocycles. The van der Waals surface area contributed by atoms with Crippen LogP contribution in [0.5, 0.6) is 0 Å². The third kappa shape index (κ3) is 3.92. The number of benzene rings is 1. The first kappa shape index (κ1) is 19.0. The maximum Gasteiger partial charge on any atom is 0.317 e. The Bertz CT molecular complexity index is 828. The lowest BCUT2D eigenvalue weighted by Crippen LogP contribution is -2.55. The molecule has 1 atom stereocenters. The Kier molecular flexibility index (Phi) is 5.15. The van der Waals surface area contributed by atoms with Gasteiger partial charge in [-0.2, -0.15) is 5.10 Å². The fraction of sp³-hybridized carbons (Fsp3) is 0.545. The molecule has 6 heteroatoms. The first-order valence-electron chi connectivity index (χ1n) is 10.3. The van der Waals surface area contributed by atoms with Crippen molar-refractivity contribution in [3.8, 4) is 5.69 Å². The van der Waals surface area contributed by atoms with Crippen LogP contribution in [0.15, 0.2) is 36.5 Å². The molecule has 1 N–H and O–H groups in total. The summed E-state index contributed by atoms with van der Waals surface area (Å²) < 4.78 is 7.90. The van der Waals surface area contributed by atoms with Crippen molar-refractivity contribution in [2.45, 2.75) is 51.7 Å². The molecule has 2 fully saturated rings. The molecule has 0 radical (unpaired) electrons. The number of ether oxygens (including phenoxy) is 1. The van der Waals surface area contributed by atoms with Crippen molar-refractivity contribution in [1.29, 1.82) is 0 Å². The van der Waals surface area contributed by atoms with Crippen molar-refractivity contribution >= 4 is 6.03 Å². The van der Waals surface area contributed by atoms with E-state index >= 15 is 0 Å². The predicted molar refractivity (Wildman–Crippen MR) is 109 cm³/mol. The normalized spacial score (nSPS) is 22.5. The van der Waals surface area contributed by atoms with Crippen LogP contribution in [-0.2, 0) is 11.3 Å². The molecule has 2 heterocycles. The summed E-state index contributed by atoms with van der Waals surface area (Å²) in [6, 6.07) is 10.1. The Balaban J connectivity index is 1.44. The van der Waals surface area contributed by atoms with Crippen LogP contribution < -0.4 is 5.32 Å². The quantitative estimate of drug-likeness (QED) is 0.858. The second-order valence-electron chi connectivity index (χ2n) is 8.49. The highest BCUT2D eigenvalue weighted by Crippen LogP contribution is 2.43. The fourth-order valence-electron chi connectivity index (χ4n) is 4.05. The van der Waals surface area contributed by atoms with Gasteiger partial charge >= 0.3 is 6.03 Å². The summed E-state index contributed by atoms with van der Waals surface area (Å²) in [6.07, 6.45) is 4.45. The van der Waals surface area contributed by atoms with Gasteiger partial charge in [0.1, 0.15) is 0 Å². The molecule has 4 rings (SSSR count). The Labute approximate surface area is 166 Å². The number of urea groups is 1. The highest BCUT2D eigenvalue weighted by atomic mass is 16.5. The van der Waals surface area contributed by atoms with Gasteiger partial charge in [-0.05, 0) is 43.7 Å². The summed E-state index contributed by atoms with van der Waals surface area (Å²) in [5, 5.41) is 7.86. The van der Waals surface area contributed by atoms with Crippen LogP contribution in [0.2, 0.25) is 0 Å². The second-order valence-corrected chi connectivity index (χ2v) is 8.49. The van der Waals surface area contributed by atoms with Crippen LogP contribution in [0, 0.1) is 5.92 Å². The number of amides is 2. The standard InChI is InChI=1S/C22H30N4O2/c1-16(2)20-17(14-26(24-20)19-7-5-4-6-8-19)13-23-21(27)25-11-12-28-22(3,15-25)18-9-10-18/h4-8,14,16,18H,9-13,15H2,1-3H3,(H,23,27). The Morgan fingerprint density at radius 3 is 2.75 bits per heavy atom. The van der Waals surface area contributed by atoms with E-state index in [1.807, 2.05) is 46.1 Å². The monoisotopic (exact) mass is 382 g/mol. The van der Waals surface area contributed by atoms with Gasteiger partial charge in [0.2, 0.25) is 0 Å². The van der Waals surface area contributed by atoms with Crippen LogP contribution in [0.3, 0.4) is 0 Å². The lowest BCUT2D eigenvalue weighted by Gasteiger charge is -2.40. The van der Waals surface area contributed by atoms with E-state index in [1.165, 1.54) is 12.8 Å². The summed E-state index contributed by atoms with van der Waals surface area (Å²) in [5.41, 5.74) is 2.92. The number of aromatic nitrogens is 2. The minimum Gasteiger partial charge on any atom is -0.371 e. The van der Waals surface area contributed by atoms with Crippen molar-refractivity contribution in [1.82, 2.24) is 20.0 Å². The number of nitrogens with one attached hydrogen (secondary N) is 1. The molecule has 2 amide bonds. The molecule has 1 aliphatic carbocycles. The highest BCUT2D eigenvalue weighted by Gasteiger charge is 2.46. The van der Waals surface area contributed by atoms with Crippen molar-refractivity contribution in [3.63, 3.8) is 0 Å². The van der Waals surface area contributed by atoms with E-state index in [4.69, 9.17) is 9.84 Å². The molecule has 28 heavy (non-hydrogen) atoms. The van der Waals surface area contributed by atoms with E-state index in [0.717, 1.165) is 16.9 Å². The minimum absolute atomic E-state index is 0.0163. The van der Waals surface area contributed by atoms with Gasteiger partial charge in [0, 0.05) is 24.8 Å². The smallest absolute Gasteiger partial charge is 0.317 e. The maximum absolute atomic E-state index is 12.8. The highest BCUT2D eigenvalue weighted by molar-refractivity contribution is 5.74. The molecule has 1 aromatic carbocycles. The average molecular weight is 383 g/mol. The number of carbonyl (C=O) groups excluding carboxylic acids is 1. The summed E-state index contributed by atoms with van der Waals surface area (Å²) >= 11 is 0. The Hall–Kier alpha value is -2.34. The van der Waals surface area contributed by atoms with Gasteiger partial charge in [-0.3, -0.25) is 0 Å². The molecule has 1 aromatic heterocycles. The van der Waals surface area contributed by atoms with Crippen molar-refractivity contribution < 1.29 is 9.53 Å². The van der Waals surface area contributed by atoms with Crippen molar-refractivity contribution in [2.24, 2.45) is 5.92 Å². The van der Waals surface area contributed by atoms with E-state index in [2.05, 4.69) is 26.1 Å². The van der Waals surface area contributed by atoms with Crippen LogP contribution in [0.1, 0.15) is 50.8 Å². The number of rotatable bonds is 5. The molecule has 1 saturated carbocycles. The molecule has 1 unspecified atom stereocenters.